The number of aryl methyl sites for hydroxylation is 1. The lowest BCUT2D eigenvalue weighted by molar-refractivity contribution is -0.0571. The highest BCUT2D eigenvalue weighted by atomic mass is 35.5. The lowest BCUT2D eigenvalue weighted by Crippen LogP contribution is -2.49. The second-order valence-electron chi connectivity index (χ2n) is 4.95. The van der Waals surface area contributed by atoms with Crippen molar-refractivity contribution in [2.45, 2.75) is 26.1 Å². The molecule has 2 unspecified atom stereocenters. The number of morpholine rings is 1. The summed E-state index contributed by atoms with van der Waals surface area (Å²) in [5, 5.41) is 9.88. The van der Waals surface area contributed by atoms with Crippen molar-refractivity contribution in [3.05, 3.63) is 29.3 Å². The number of hydrogen-bond donors (Lipinski definition) is 1. The number of rotatable bonds is 2. The first-order chi connectivity index (χ1) is 9.01. The molecule has 2 atom stereocenters. The van der Waals surface area contributed by atoms with Gasteiger partial charge in [-0.1, -0.05) is 6.07 Å². The molecule has 1 aromatic rings. The molecule has 0 radical (unpaired) electrons. The molecule has 1 N–H and O–H groups in total. The van der Waals surface area contributed by atoms with E-state index in [4.69, 9.17) is 16.3 Å². The molecule has 1 aromatic carbocycles. The molecule has 1 saturated heterocycles. The minimum absolute atomic E-state index is 0.0200. The maximum Gasteiger partial charge on any atom is 0.257 e. The first kappa shape index (κ1) is 14.2. The zero-order valence-corrected chi connectivity index (χ0v) is 11.9. The van der Waals surface area contributed by atoms with Crippen molar-refractivity contribution < 1.29 is 14.6 Å². The second-order valence-corrected chi connectivity index (χ2v) is 5.26. The number of aromatic hydroxyl groups is 1. The summed E-state index contributed by atoms with van der Waals surface area (Å²) < 4.78 is 5.61. The smallest absolute Gasteiger partial charge is 0.257 e. The first-order valence-corrected chi connectivity index (χ1v) is 6.85. The van der Waals surface area contributed by atoms with E-state index in [9.17, 15) is 9.90 Å². The van der Waals surface area contributed by atoms with Crippen molar-refractivity contribution >= 4 is 17.5 Å². The van der Waals surface area contributed by atoms with Gasteiger partial charge in [0.1, 0.15) is 5.75 Å². The predicted octanol–water partition coefficient (Wildman–Crippen LogP) is 2.17. The number of carbonyl (C=O) groups excluding carboxylic acids is 1. The van der Waals surface area contributed by atoms with Crippen molar-refractivity contribution in [2.24, 2.45) is 0 Å². The number of phenols is 1. The van der Waals surface area contributed by atoms with Crippen LogP contribution >= 0.6 is 11.6 Å². The molecule has 19 heavy (non-hydrogen) atoms. The summed E-state index contributed by atoms with van der Waals surface area (Å²) in [6, 6.07) is 5.06. The Balaban J connectivity index is 2.18. The van der Waals surface area contributed by atoms with Crippen LogP contribution in [0.2, 0.25) is 0 Å². The van der Waals surface area contributed by atoms with Gasteiger partial charge in [0.05, 0.1) is 23.7 Å². The summed E-state index contributed by atoms with van der Waals surface area (Å²) in [6.07, 6.45) is -0.198. The van der Waals surface area contributed by atoms with Crippen molar-refractivity contribution in [3.63, 3.8) is 0 Å². The zero-order chi connectivity index (χ0) is 14.0. The van der Waals surface area contributed by atoms with Gasteiger partial charge in [0.15, 0.2) is 0 Å². The Kier molecular flexibility index (Phi) is 4.32. The Labute approximate surface area is 117 Å². The molecule has 2 rings (SSSR count). The van der Waals surface area contributed by atoms with Crippen LogP contribution in [0.4, 0.5) is 0 Å². The highest BCUT2D eigenvalue weighted by molar-refractivity contribution is 6.18. The number of nitrogens with zero attached hydrogens (tertiary/aromatic N) is 1. The molecule has 1 aliphatic heterocycles. The van der Waals surface area contributed by atoms with Gasteiger partial charge in [0.25, 0.3) is 5.91 Å². The van der Waals surface area contributed by atoms with Crippen LogP contribution in [0.1, 0.15) is 22.8 Å². The van der Waals surface area contributed by atoms with Crippen LogP contribution in [0.5, 0.6) is 5.75 Å². The van der Waals surface area contributed by atoms with Crippen LogP contribution in [0.3, 0.4) is 0 Å². The van der Waals surface area contributed by atoms with E-state index in [0.29, 0.717) is 24.5 Å². The Bertz CT molecular complexity index is 478. The molecule has 1 aliphatic rings. The summed E-state index contributed by atoms with van der Waals surface area (Å²) in [6.45, 7) is 4.75. The van der Waals surface area contributed by atoms with E-state index in [1.165, 1.54) is 0 Å². The average molecular weight is 284 g/mol. The maximum absolute atomic E-state index is 12.4. The van der Waals surface area contributed by atoms with E-state index in [-0.39, 0.29) is 23.9 Å². The van der Waals surface area contributed by atoms with Crippen LogP contribution in [0.15, 0.2) is 18.2 Å². The molecule has 0 aliphatic carbocycles. The average Bonchev–Trinajstić information content (AvgIpc) is 2.37. The second kappa shape index (κ2) is 5.80. The van der Waals surface area contributed by atoms with Crippen molar-refractivity contribution in [1.29, 1.82) is 0 Å². The van der Waals surface area contributed by atoms with E-state index < -0.39 is 0 Å². The van der Waals surface area contributed by atoms with Gasteiger partial charge >= 0.3 is 0 Å². The van der Waals surface area contributed by atoms with Gasteiger partial charge in [-0.25, -0.2) is 0 Å². The van der Waals surface area contributed by atoms with Gasteiger partial charge < -0.3 is 14.7 Å². The molecular weight excluding hydrogens is 266 g/mol. The van der Waals surface area contributed by atoms with Crippen LogP contribution < -0.4 is 0 Å². The summed E-state index contributed by atoms with van der Waals surface area (Å²) in [5.74, 6) is 0.197. The fraction of sp³-hybridized carbons (Fsp3) is 0.500. The molecule has 4 nitrogen and oxygen atoms in total. The molecular formula is C14H18ClNO3. The number of benzene rings is 1. The molecule has 0 bridgehead atoms. The molecule has 1 amide bonds. The van der Waals surface area contributed by atoms with Crippen molar-refractivity contribution in [2.75, 3.05) is 19.0 Å². The number of alkyl halides is 1. The zero-order valence-electron chi connectivity index (χ0n) is 11.1. The van der Waals surface area contributed by atoms with Crippen LogP contribution in [-0.4, -0.2) is 47.1 Å². The maximum atomic E-state index is 12.4. The van der Waals surface area contributed by atoms with Crippen LogP contribution in [-0.2, 0) is 4.74 Å². The quantitative estimate of drug-likeness (QED) is 0.846. The molecule has 1 fully saturated rings. The molecule has 104 valence electrons. The number of carbonyl (C=O) groups is 1. The molecule has 0 spiro atoms. The highest BCUT2D eigenvalue weighted by Gasteiger charge is 2.29. The fourth-order valence-electron chi connectivity index (χ4n) is 2.29. The first-order valence-electron chi connectivity index (χ1n) is 6.31. The van der Waals surface area contributed by atoms with Gasteiger partial charge in [-0.2, -0.15) is 0 Å². The van der Waals surface area contributed by atoms with Crippen molar-refractivity contribution in [1.82, 2.24) is 4.90 Å². The van der Waals surface area contributed by atoms with Gasteiger partial charge in [-0.3, -0.25) is 4.79 Å². The Morgan fingerprint density at radius 1 is 1.53 bits per heavy atom. The van der Waals surface area contributed by atoms with Crippen LogP contribution in [0, 0.1) is 6.92 Å². The minimum Gasteiger partial charge on any atom is -0.507 e. The normalized spacial score (nSPS) is 23.4. The molecule has 0 saturated carbocycles. The lowest BCUT2D eigenvalue weighted by atomic mass is 10.1. The van der Waals surface area contributed by atoms with Gasteiger partial charge in [-0.05, 0) is 31.5 Å². The number of phenolic OH excluding ortho intramolecular Hbond substituents is 1. The molecule has 5 heteroatoms. The topological polar surface area (TPSA) is 49.8 Å². The molecule has 0 aromatic heterocycles. The number of hydrogen-bond acceptors (Lipinski definition) is 3. The summed E-state index contributed by atoms with van der Waals surface area (Å²) in [5.41, 5.74) is 1.25. The van der Waals surface area contributed by atoms with Gasteiger partial charge in [-0.15, -0.1) is 11.6 Å². The Hall–Kier alpha value is -1.26. The SMILES string of the molecule is Cc1ccc(C(=O)N2CC(C)OC(CCl)C2)c(O)c1. The number of halogens is 1. The summed E-state index contributed by atoms with van der Waals surface area (Å²) >= 11 is 5.80. The third-order valence-corrected chi connectivity index (χ3v) is 3.51. The van der Waals surface area contributed by atoms with Gasteiger partial charge in [0.2, 0.25) is 0 Å². The third kappa shape index (κ3) is 3.19. The van der Waals surface area contributed by atoms with E-state index >= 15 is 0 Å². The monoisotopic (exact) mass is 283 g/mol. The van der Waals surface area contributed by atoms with Gasteiger partial charge in [0, 0.05) is 13.1 Å². The van der Waals surface area contributed by atoms with E-state index in [1.54, 1.807) is 17.0 Å². The largest absolute Gasteiger partial charge is 0.507 e. The van der Waals surface area contributed by atoms with E-state index in [1.807, 2.05) is 19.9 Å². The predicted molar refractivity (Wildman–Crippen MR) is 73.8 cm³/mol. The number of amides is 1. The van der Waals surface area contributed by atoms with Crippen LogP contribution in [0.25, 0.3) is 0 Å². The molecule has 1 heterocycles. The summed E-state index contributed by atoms with van der Waals surface area (Å²) in [4.78, 5) is 14.1. The lowest BCUT2D eigenvalue weighted by Gasteiger charge is -2.36. The fourth-order valence-corrected chi connectivity index (χ4v) is 2.46. The standard InChI is InChI=1S/C14H18ClNO3/c1-9-3-4-12(13(17)5-9)14(18)16-7-10(2)19-11(6-15)8-16/h3-5,10-11,17H,6-8H2,1-2H3. The Morgan fingerprint density at radius 3 is 2.89 bits per heavy atom. The van der Waals surface area contributed by atoms with E-state index in [2.05, 4.69) is 0 Å². The van der Waals surface area contributed by atoms with E-state index in [0.717, 1.165) is 5.56 Å². The third-order valence-electron chi connectivity index (χ3n) is 3.17. The number of ether oxygens (including phenoxy) is 1. The summed E-state index contributed by atoms with van der Waals surface area (Å²) in [7, 11) is 0. The minimum atomic E-state index is -0.178. The van der Waals surface area contributed by atoms with Crippen molar-refractivity contribution in [3.8, 4) is 5.75 Å². The Morgan fingerprint density at radius 2 is 2.26 bits per heavy atom. The highest BCUT2D eigenvalue weighted by Crippen LogP contribution is 2.22.